The molecule has 0 aromatic carbocycles. The number of nitrogens with one attached hydrogen (secondary N) is 2. The average molecular weight is 251 g/mol. The second-order valence-electron chi connectivity index (χ2n) is 4.72. The van der Waals surface area contributed by atoms with E-state index in [-0.39, 0.29) is 29.8 Å². The third-order valence-corrected chi connectivity index (χ3v) is 2.91. The number of halogens is 1. The molecule has 96 valence electrons. The predicted octanol–water partition coefficient (Wildman–Crippen LogP) is 0.949. The summed E-state index contributed by atoms with van der Waals surface area (Å²) in [7, 11) is 1.66. The van der Waals surface area contributed by atoms with Crippen molar-refractivity contribution in [2.24, 2.45) is 5.92 Å². The number of carbonyl (C=O) groups is 1. The van der Waals surface area contributed by atoms with Crippen LogP contribution in [-0.4, -0.2) is 38.3 Å². The van der Waals surface area contributed by atoms with Gasteiger partial charge in [-0.2, -0.15) is 0 Å². The van der Waals surface area contributed by atoms with E-state index in [1.165, 1.54) is 0 Å². The van der Waals surface area contributed by atoms with Crippen molar-refractivity contribution in [3.63, 3.8) is 0 Å². The highest BCUT2D eigenvalue weighted by Gasteiger charge is 2.23. The van der Waals surface area contributed by atoms with Crippen LogP contribution in [0, 0.1) is 5.92 Å². The van der Waals surface area contributed by atoms with Crippen molar-refractivity contribution in [1.82, 2.24) is 10.6 Å². The zero-order valence-electron chi connectivity index (χ0n) is 10.3. The molecule has 2 N–H and O–H groups in total. The van der Waals surface area contributed by atoms with Gasteiger partial charge in [0, 0.05) is 20.2 Å². The Morgan fingerprint density at radius 2 is 2.25 bits per heavy atom. The smallest absolute Gasteiger partial charge is 0.224 e. The first-order valence-corrected chi connectivity index (χ1v) is 5.59. The van der Waals surface area contributed by atoms with Gasteiger partial charge in [-0.1, -0.05) is 0 Å². The Morgan fingerprint density at radius 1 is 1.56 bits per heavy atom. The van der Waals surface area contributed by atoms with Gasteiger partial charge in [0.15, 0.2) is 0 Å². The molecule has 0 saturated carbocycles. The monoisotopic (exact) mass is 250 g/mol. The molecule has 1 saturated heterocycles. The molecule has 1 heterocycles. The lowest BCUT2D eigenvalue weighted by Gasteiger charge is -2.26. The average Bonchev–Trinajstić information content (AvgIpc) is 2.27. The molecule has 4 nitrogen and oxygen atoms in total. The third-order valence-electron chi connectivity index (χ3n) is 2.91. The fraction of sp³-hybridized carbons (Fsp3) is 0.909. The molecule has 1 aliphatic heterocycles. The zero-order valence-corrected chi connectivity index (χ0v) is 11.2. The van der Waals surface area contributed by atoms with Crippen LogP contribution in [0.4, 0.5) is 0 Å². The number of methoxy groups -OCH3 is 1. The first-order chi connectivity index (χ1) is 7.05. The molecule has 5 heteroatoms. The van der Waals surface area contributed by atoms with Crippen molar-refractivity contribution in [2.75, 3.05) is 26.7 Å². The number of amides is 1. The second-order valence-corrected chi connectivity index (χ2v) is 4.72. The SMILES string of the molecule is COC(C)(C)CNC(=O)C1CCCNC1.Cl. The Hall–Kier alpha value is -0.320. The summed E-state index contributed by atoms with van der Waals surface area (Å²) in [5.41, 5.74) is -0.280. The lowest BCUT2D eigenvalue weighted by Crippen LogP contribution is -2.45. The fourth-order valence-electron chi connectivity index (χ4n) is 1.59. The molecule has 1 rings (SSSR count). The lowest BCUT2D eigenvalue weighted by molar-refractivity contribution is -0.126. The van der Waals surface area contributed by atoms with Gasteiger partial charge in [0.1, 0.15) is 0 Å². The number of hydrogen-bond donors (Lipinski definition) is 2. The van der Waals surface area contributed by atoms with Crippen molar-refractivity contribution in [3.05, 3.63) is 0 Å². The van der Waals surface area contributed by atoms with E-state index in [0.717, 1.165) is 25.9 Å². The molecule has 0 aromatic rings. The number of piperidine rings is 1. The maximum Gasteiger partial charge on any atom is 0.224 e. The summed E-state index contributed by atoms with van der Waals surface area (Å²) in [5, 5.41) is 6.17. The van der Waals surface area contributed by atoms with Gasteiger partial charge < -0.3 is 15.4 Å². The standard InChI is InChI=1S/C11H22N2O2.ClH/c1-11(2,15-3)8-13-10(14)9-5-4-6-12-7-9;/h9,12H,4-8H2,1-3H3,(H,13,14);1H. The second kappa shape index (κ2) is 7.09. The van der Waals surface area contributed by atoms with Crippen LogP contribution >= 0.6 is 12.4 Å². The van der Waals surface area contributed by atoms with E-state index < -0.39 is 0 Å². The molecule has 1 atom stereocenters. The highest BCUT2D eigenvalue weighted by Crippen LogP contribution is 2.11. The Balaban J connectivity index is 0.00000225. The Morgan fingerprint density at radius 3 is 2.75 bits per heavy atom. The van der Waals surface area contributed by atoms with Crippen LogP contribution in [0.5, 0.6) is 0 Å². The van der Waals surface area contributed by atoms with E-state index in [2.05, 4.69) is 10.6 Å². The molecule has 1 unspecified atom stereocenters. The summed E-state index contributed by atoms with van der Waals surface area (Å²) in [6.45, 7) is 6.34. The highest BCUT2D eigenvalue weighted by molar-refractivity contribution is 5.85. The van der Waals surface area contributed by atoms with Crippen molar-refractivity contribution in [3.8, 4) is 0 Å². The summed E-state index contributed by atoms with van der Waals surface area (Å²) in [5.74, 6) is 0.277. The third kappa shape index (κ3) is 5.14. The summed E-state index contributed by atoms with van der Waals surface area (Å²) in [6, 6.07) is 0. The highest BCUT2D eigenvalue weighted by atomic mass is 35.5. The lowest BCUT2D eigenvalue weighted by atomic mass is 9.98. The molecule has 1 amide bonds. The van der Waals surface area contributed by atoms with E-state index in [9.17, 15) is 4.79 Å². The minimum atomic E-state index is -0.280. The van der Waals surface area contributed by atoms with E-state index in [0.29, 0.717) is 6.54 Å². The van der Waals surface area contributed by atoms with Crippen molar-refractivity contribution >= 4 is 18.3 Å². The summed E-state index contributed by atoms with van der Waals surface area (Å²) >= 11 is 0. The van der Waals surface area contributed by atoms with Gasteiger partial charge in [-0.25, -0.2) is 0 Å². The largest absolute Gasteiger partial charge is 0.377 e. The molecule has 1 fully saturated rings. The molecular formula is C11H23ClN2O2. The van der Waals surface area contributed by atoms with Crippen LogP contribution in [-0.2, 0) is 9.53 Å². The Labute approximate surface area is 104 Å². The van der Waals surface area contributed by atoms with Crippen LogP contribution in [0.15, 0.2) is 0 Å². The molecule has 16 heavy (non-hydrogen) atoms. The first-order valence-electron chi connectivity index (χ1n) is 5.59. The number of carbonyl (C=O) groups excluding carboxylic acids is 1. The molecule has 0 radical (unpaired) electrons. The van der Waals surface area contributed by atoms with Crippen LogP contribution < -0.4 is 10.6 Å². The molecule has 0 bridgehead atoms. The van der Waals surface area contributed by atoms with E-state index in [1.54, 1.807) is 7.11 Å². The maximum absolute atomic E-state index is 11.8. The predicted molar refractivity (Wildman–Crippen MR) is 66.9 cm³/mol. The topological polar surface area (TPSA) is 50.4 Å². The quantitative estimate of drug-likeness (QED) is 0.781. The van der Waals surface area contributed by atoms with Gasteiger partial charge in [0.05, 0.1) is 11.5 Å². The van der Waals surface area contributed by atoms with Gasteiger partial charge in [0.25, 0.3) is 0 Å². The fourth-order valence-corrected chi connectivity index (χ4v) is 1.59. The minimum Gasteiger partial charge on any atom is -0.377 e. The van der Waals surface area contributed by atoms with E-state index in [4.69, 9.17) is 4.74 Å². The zero-order chi connectivity index (χ0) is 11.3. The van der Waals surface area contributed by atoms with E-state index in [1.807, 2.05) is 13.8 Å². The molecule has 0 spiro atoms. The summed E-state index contributed by atoms with van der Waals surface area (Å²) in [4.78, 5) is 11.8. The van der Waals surface area contributed by atoms with Gasteiger partial charge in [-0.15, -0.1) is 12.4 Å². The molecular weight excluding hydrogens is 228 g/mol. The summed E-state index contributed by atoms with van der Waals surface area (Å²) in [6.07, 6.45) is 2.08. The van der Waals surface area contributed by atoms with Crippen molar-refractivity contribution in [1.29, 1.82) is 0 Å². The minimum absolute atomic E-state index is 0. The molecule has 0 aromatic heterocycles. The molecule has 1 aliphatic rings. The summed E-state index contributed by atoms with van der Waals surface area (Å²) < 4.78 is 5.25. The van der Waals surface area contributed by atoms with Crippen LogP contribution in [0.2, 0.25) is 0 Å². The maximum atomic E-state index is 11.8. The Kier molecular flexibility index (Phi) is 6.95. The number of hydrogen-bond acceptors (Lipinski definition) is 3. The van der Waals surface area contributed by atoms with Gasteiger partial charge >= 0.3 is 0 Å². The van der Waals surface area contributed by atoms with Gasteiger partial charge in [-0.05, 0) is 33.2 Å². The Bertz CT molecular complexity index is 216. The van der Waals surface area contributed by atoms with Crippen molar-refractivity contribution < 1.29 is 9.53 Å². The van der Waals surface area contributed by atoms with Crippen LogP contribution in [0.1, 0.15) is 26.7 Å². The number of ether oxygens (including phenoxy) is 1. The van der Waals surface area contributed by atoms with Crippen LogP contribution in [0.3, 0.4) is 0 Å². The van der Waals surface area contributed by atoms with E-state index >= 15 is 0 Å². The van der Waals surface area contributed by atoms with Crippen molar-refractivity contribution in [2.45, 2.75) is 32.3 Å². The molecule has 0 aliphatic carbocycles. The van der Waals surface area contributed by atoms with Gasteiger partial charge in [-0.3, -0.25) is 4.79 Å². The number of rotatable bonds is 4. The first kappa shape index (κ1) is 15.7. The van der Waals surface area contributed by atoms with Crippen LogP contribution in [0.25, 0.3) is 0 Å². The van der Waals surface area contributed by atoms with Gasteiger partial charge in [0.2, 0.25) is 5.91 Å². The normalized spacial score (nSPS) is 21.1.